The highest BCUT2D eigenvalue weighted by molar-refractivity contribution is 5.11. The van der Waals surface area contributed by atoms with E-state index in [4.69, 9.17) is 9.57 Å². The van der Waals surface area contributed by atoms with Gasteiger partial charge in [0.1, 0.15) is 0 Å². The minimum absolute atomic E-state index is 0.651. The number of nitrogens with zero attached hydrogens (tertiary/aromatic N) is 1. The van der Waals surface area contributed by atoms with E-state index in [0.717, 1.165) is 5.75 Å². The van der Waals surface area contributed by atoms with E-state index in [0.29, 0.717) is 6.61 Å². The Morgan fingerprint density at radius 3 is 3.00 bits per heavy atom. The fourth-order valence-electron chi connectivity index (χ4n) is 0.784. The van der Waals surface area contributed by atoms with E-state index in [1.165, 1.54) is 0 Å². The predicted octanol–water partition coefficient (Wildman–Crippen LogP) is 0.431. The summed E-state index contributed by atoms with van der Waals surface area (Å²) in [4.78, 5) is 5.18. The third-order valence-corrected chi connectivity index (χ3v) is 1.26. The lowest BCUT2D eigenvalue weighted by Crippen LogP contribution is -2.41. The third-order valence-electron chi connectivity index (χ3n) is 1.26. The van der Waals surface area contributed by atoms with Gasteiger partial charge in [-0.05, 0) is 13.0 Å². The molecule has 0 radical (unpaired) electrons. The van der Waals surface area contributed by atoms with Crippen molar-refractivity contribution in [3.05, 3.63) is 24.5 Å². The Morgan fingerprint density at radius 2 is 2.36 bits per heavy atom. The number of rotatable bonds is 3. The van der Waals surface area contributed by atoms with Crippen LogP contribution < -0.4 is 14.3 Å². The van der Waals surface area contributed by atoms with Crippen LogP contribution in [0.3, 0.4) is 0 Å². The van der Waals surface area contributed by atoms with E-state index in [-0.39, 0.29) is 0 Å². The van der Waals surface area contributed by atoms with Crippen molar-refractivity contribution in [2.45, 2.75) is 6.92 Å². The molecule has 0 fully saturated rings. The third kappa shape index (κ3) is 2.11. The second-order valence-corrected chi connectivity index (χ2v) is 2.02. The molecular formula is C8H12NO2+. The first kappa shape index (κ1) is 7.85. The lowest BCUT2D eigenvalue weighted by molar-refractivity contribution is -0.891. The van der Waals surface area contributed by atoms with Gasteiger partial charge in [0.15, 0.2) is 12.4 Å². The van der Waals surface area contributed by atoms with Gasteiger partial charge in [0.25, 0.3) is 6.20 Å². The molecule has 0 unspecified atom stereocenters. The summed E-state index contributed by atoms with van der Waals surface area (Å²) >= 11 is 0. The lowest BCUT2D eigenvalue weighted by Gasteiger charge is -1.96. The summed E-state index contributed by atoms with van der Waals surface area (Å²) in [6.45, 7) is 2.59. The van der Waals surface area contributed by atoms with Crippen molar-refractivity contribution >= 4 is 0 Å². The van der Waals surface area contributed by atoms with E-state index >= 15 is 0 Å². The molecule has 1 heterocycles. The Hall–Kier alpha value is -1.25. The maximum absolute atomic E-state index is 5.18. The number of aromatic nitrogens is 1. The maximum atomic E-state index is 5.18. The van der Waals surface area contributed by atoms with Crippen molar-refractivity contribution in [3.63, 3.8) is 0 Å². The average Bonchev–Trinajstić information content (AvgIpc) is 2.06. The van der Waals surface area contributed by atoms with E-state index < -0.39 is 0 Å². The van der Waals surface area contributed by atoms with Crippen LogP contribution in [-0.2, 0) is 0 Å². The molecule has 0 aromatic carbocycles. The molecule has 1 aromatic heterocycles. The topological polar surface area (TPSA) is 22.3 Å². The maximum Gasteiger partial charge on any atom is 0.264 e. The fourth-order valence-corrected chi connectivity index (χ4v) is 0.784. The highest BCUT2D eigenvalue weighted by Crippen LogP contribution is 2.02. The Bertz CT molecular complexity index is 225. The number of pyridine rings is 1. The molecule has 3 heteroatoms. The van der Waals surface area contributed by atoms with E-state index in [1.54, 1.807) is 18.0 Å². The zero-order chi connectivity index (χ0) is 8.10. The van der Waals surface area contributed by atoms with Gasteiger partial charge in [0.2, 0.25) is 6.20 Å². The number of hydrogen-bond acceptors (Lipinski definition) is 2. The molecular weight excluding hydrogens is 142 g/mol. The Labute approximate surface area is 66.1 Å². The van der Waals surface area contributed by atoms with Crippen LogP contribution in [-0.4, -0.2) is 13.7 Å². The summed E-state index contributed by atoms with van der Waals surface area (Å²) in [6, 6.07) is 3.74. The summed E-state index contributed by atoms with van der Waals surface area (Å²) in [5.74, 6) is 0.793. The van der Waals surface area contributed by atoms with E-state index in [2.05, 4.69) is 0 Å². The Morgan fingerprint density at radius 1 is 1.55 bits per heavy atom. The van der Waals surface area contributed by atoms with Crippen LogP contribution in [0.2, 0.25) is 0 Å². The van der Waals surface area contributed by atoms with Crippen LogP contribution in [0.25, 0.3) is 0 Å². The summed E-state index contributed by atoms with van der Waals surface area (Å²) in [6.07, 6.45) is 3.61. The first-order valence-corrected chi connectivity index (χ1v) is 3.55. The van der Waals surface area contributed by atoms with E-state index in [9.17, 15) is 0 Å². The fraction of sp³-hybridized carbons (Fsp3) is 0.375. The smallest absolute Gasteiger partial charge is 0.264 e. The molecule has 0 aliphatic carbocycles. The predicted molar refractivity (Wildman–Crippen MR) is 40.3 cm³/mol. The van der Waals surface area contributed by atoms with E-state index in [1.807, 2.05) is 25.3 Å². The molecule has 0 atom stereocenters. The molecule has 0 saturated heterocycles. The summed E-state index contributed by atoms with van der Waals surface area (Å²) in [5.41, 5.74) is 0. The van der Waals surface area contributed by atoms with Gasteiger partial charge in [-0.2, -0.15) is 0 Å². The molecule has 0 aliphatic rings. The summed E-state index contributed by atoms with van der Waals surface area (Å²) in [5, 5.41) is 0. The summed E-state index contributed by atoms with van der Waals surface area (Å²) in [7, 11) is 1.63. The monoisotopic (exact) mass is 154 g/mol. The zero-order valence-corrected chi connectivity index (χ0v) is 6.78. The molecule has 0 spiro atoms. The SMILES string of the molecule is CCO[n+]1cccc(OC)c1. The first-order chi connectivity index (χ1) is 5.36. The summed E-state index contributed by atoms with van der Waals surface area (Å²) < 4.78 is 6.62. The highest BCUT2D eigenvalue weighted by Gasteiger charge is 2.00. The zero-order valence-electron chi connectivity index (χ0n) is 6.78. The second-order valence-electron chi connectivity index (χ2n) is 2.02. The molecule has 0 N–H and O–H groups in total. The van der Waals surface area contributed by atoms with Crippen LogP contribution in [0.4, 0.5) is 0 Å². The number of hydrogen-bond donors (Lipinski definition) is 0. The van der Waals surface area contributed by atoms with Gasteiger partial charge in [-0.3, -0.25) is 4.84 Å². The van der Waals surface area contributed by atoms with Crippen LogP contribution in [0.5, 0.6) is 5.75 Å². The van der Waals surface area contributed by atoms with Crippen molar-refractivity contribution in [2.24, 2.45) is 0 Å². The minimum Gasteiger partial charge on any atom is -0.491 e. The Balaban J connectivity index is 2.74. The number of methoxy groups -OCH3 is 1. The molecule has 3 nitrogen and oxygen atoms in total. The van der Waals surface area contributed by atoms with Gasteiger partial charge < -0.3 is 4.74 Å². The molecule has 0 bridgehead atoms. The van der Waals surface area contributed by atoms with Gasteiger partial charge in [0.05, 0.1) is 7.11 Å². The van der Waals surface area contributed by atoms with Crippen molar-refractivity contribution in [1.82, 2.24) is 0 Å². The molecule has 1 aromatic rings. The number of ether oxygens (including phenoxy) is 1. The van der Waals surface area contributed by atoms with Crippen molar-refractivity contribution in [3.8, 4) is 5.75 Å². The molecule has 60 valence electrons. The van der Waals surface area contributed by atoms with Crippen molar-refractivity contribution in [2.75, 3.05) is 13.7 Å². The quantitative estimate of drug-likeness (QED) is 0.589. The largest absolute Gasteiger partial charge is 0.491 e. The van der Waals surface area contributed by atoms with Gasteiger partial charge in [-0.15, -0.1) is 0 Å². The molecule has 11 heavy (non-hydrogen) atoms. The van der Waals surface area contributed by atoms with Crippen LogP contribution in [0.15, 0.2) is 24.5 Å². The van der Waals surface area contributed by atoms with Gasteiger partial charge in [0, 0.05) is 10.8 Å². The van der Waals surface area contributed by atoms with Crippen LogP contribution in [0.1, 0.15) is 6.92 Å². The molecule has 0 amide bonds. The molecule has 1 rings (SSSR count). The van der Waals surface area contributed by atoms with Crippen LogP contribution >= 0.6 is 0 Å². The second kappa shape index (κ2) is 3.81. The lowest BCUT2D eigenvalue weighted by atomic mass is 10.5. The van der Waals surface area contributed by atoms with Gasteiger partial charge in [-0.25, -0.2) is 0 Å². The normalized spacial score (nSPS) is 9.27. The molecule has 0 aliphatic heterocycles. The van der Waals surface area contributed by atoms with Crippen LogP contribution in [0, 0.1) is 0 Å². The van der Waals surface area contributed by atoms with Crippen molar-refractivity contribution in [1.29, 1.82) is 0 Å². The highest BCUT2D eigenvalue weighted by atomic mass is 16.7. The average molecular weight is 154 g/mol. The van der Waals surface area contributed by atoms with Gasteiger partial charge in [-0.1, -0.05) is 0 Å². The Kier molecular flexibility index (Phi) is 2.72. The van der Waals surface area contributed by atoms with Crippen molar-refractivity contribution < 1.29 is 14.3 Å². The minimum atomic E-state index is 0.651. The standard InChI is InChI=1S/C8H12NO2/c1-3-11-9-6-4-5-8(7-9)10-2/h4-7H,3H2,1-2H3/q+1. The molecule has 0 saturated carbocycles. The first-order valence-electron chi connectivity index (χ1n) is 3.55. The van der Waals surface area contributed by atoms with Gasteiger partial charge >= 0.3 is 0 Å².